The van der Waals surface area contributed by atoms with E-state index >= 15 is 0 Å². The van der Waals surface area contributed by atoms with Gasteiger partial charge in [0.15, 0.2) is 0 Å². The van der Waals surface area contributed by atoms with Gasteiger partial charge in [-0.1, -0.05) is 18.2 Å². The average Bonchev–Trinajstić information content (AvgIpc) is 2.49. The molecule has 0 atom stereocenters. The van der Waals surface area contributed by atoms with Crippen LogP contribution in [0.1, 0.15) is 11.1 Å². The van der Waals surface area contributed by atoms with Crippen LogP contribution in [0.25, 0.3) is 6.08 Å². The molecule has 0 saturated heterocycles. The molecule has 0 aliphatic heterocycles. The summed E-state index contributed by atoms with van der Waals surface area (Å²) in [6.45, 7) is 1.79. The van der Waals surface area contributed by atoms with Gasteiger partial charge in [0.2, 0.25) is 5.91 Å². The zero-order chi connectivity index (χ0) is 16.1. The summed E-state index contributed by atoms with van der Waals surface area (Å²) >= 11 is 0. The van der Waals surface area contributed by atoms with Crippen LogP contribution in [0.3, 0.4) is 0 Å². The van der Waals surface area contributed by atoms with Crippen LogP contribution in [0.5, 0.6) is 0 Å². The molecule has 0 unspecified atom stereocenters. The molecule has 0 saturated carbocycles. The van der Waals surface area contributed by atoms with Crippen LogP contribution in [0, 0.1) is 22.9 Å². The van der Waals surface area contributed by atoms with Crippen molar-refractivity contribution in [2.45, 2.75) is 6.92 Å². The first-order valence-corrected chi connectivity index (χ1v) is 6.45. The second-order valence-electron chi connectivity index (χ2n) is 4.66. The van der Waals surface area contributed by atoms with Gasteiger partial charge in [-0.05, 0) is 36.3 Å². The van der Waals surface area contributed by atoms with Gasteiger partial charge in [-0.25, -0.2) is 4.39 Å². The van der Waals surface area contributed by atoms with E-state index in [4.69, 9.17) is 0 Å². The molecule has 5 nitrogen and oxygen atoms in total. The maximum Gasteiger partial charge on any atom is 0.270 e. The first-order chi connectivity index (χ1) is 10.5. The Balaban J connectivity index is 2.10. The highest BCUT2D eigenvalue weighted by Gasteiger charge is 2.06. The molecule has 112 valence electrons. The number of nitrogens with one attached hydrogen (secondary N) is 1. The maximum atomic E-state index is 13.5. The zero-order valence-electron chi connectivity index (χ0n) is 11.7. The summed E-state index contributed by atoms with van der Waals surface area (Å²) in [5.74, 6) is -1.04. The van der Waals surface area contributed by atoms with Crippen LogP contribution >= 0.6 is 0 Å². The largest absolute Gasteiger partial charge is 0.320 e. The van der Waals surface area contributed by atoms with Gasteiger partial charge < -0.3 is 5.32 Å². The molecule has 6 heteroatoms. The quantitative estimate of drug-likeness (QED) is 0.531. The monoisotopic (exact) mass is 300 g/mol. The third-order valence-electron chi connectivity index (χ3n) is 2.89. The van der Waals surface area contributed by atoms with E-state index in [1.54, 1.807) is 19.1 Å². The third-order valence-corrected chi connectivity index (χ3v) is 2.89. The van der Waals surface area contributed by atoms with E-state index in [1.807, 2.05) is 0 Å². The summed E-state index contributed by atoms with van der Waals surface area (Å²) in [6, 6.07) is 10.3. The summed E-state index contributed by atoms with van der Waals surface area (Å²) in [6.07, 6.45) is 2.62. The Morgan fingerprint density at radius 2 is 2.05 bits per heavy atom. The van der Waals surface area contributed by atoms with Gasteiger partial charge in [0, 0.05) is 18.2 Å². The second-order valence-corrected chi connectivity index (χ2v) is 4.66. The van der Waals surface area contributed by atoms with E-state index in [-0.39, 0.29) is 11.4 Å². The van der Waals surface area contributed by atoms with Crippen molar-refractivity contribution in [3.63, 3.8) is 0 Å². The number of carbonyl (C=O) groups excluding carboxylic acids is 1. The first-order valence-electron chi connectivity index (χ1n) is 6.45. The molecule has 1 amide bonds. The van der Waals surface area contributed by atoms with E-state index in [1.165, 1.54) is 42.5 Å². The van der Waals surface area contributed by atoms with Crippen LogP contribution in [0.4, 0.5) is 15.8 Å². The molecule has 1 N–H and O–H groups in total. The summed E-state index contributed by atoms with van der Waals surface area (Å²) in [7, 11) is 0. The number of benzene rings is 2. The Morgan fingerprint density at radius 1 is 1.27 bits per heavy atom. The lowest BCUT2D eigenvalue weighted by molar-refractivity contribution is -0.384. The number of carbonyl (C=O) groups is 1. The summed E-state index contributed by atoms with van der Waals surface area (Å²) in [4.78, 5) is 21.9. The highest BCUT2D eigenvalue weighted by molar-refractivity contribution is 6.02. The normalized spacial score (nSPS) is 10.6. The second kappa shape index (κ2) is 6.62. The summed E-state index contributed by atoms with van der Waals surface area (Å²) < 4.78 is 13.5. The molecule has 0 radical (unpaired) electrons. The van der Waals surface area contributed by atoms with Crippen molar-refractivity contribution < 1.29 is 14.1 Å². The van der Waals surface area contributed by atoms with Crippen LogP contribution < -0.4 is 5.32 Å². The van der Waals surface area contributed by atoms with E-state index in [0.717, 1.165) is 5.56 Å². The smallest absolute Gasteiger partial charge is 0.270 e. The van der Waals surface area contributed by atoms with Gasteiger partial charge in [-0.2, -0.15) is 0 Å². The molecule has 0 aromatic heterocycles. The number of nitro groups is 1. The molecular weight excluding hydrogens is 287 g/mol. The molecule has 2 aromatic rings. The third kappa shape index (κ3) is 3.99. The van der Waals surface area contributed by atoms with Crippen molar-refractivity contribution in [3.8, 4) is 0 Å². The summed E-state index contributed by atoms with van der Waals surface area (Å²) in [5.41, 5.74) is 1.36. The van der Waals surface area contributed by atoms with Gasteiger partial charge in [0.05, 0.1) is 10.6 Å². The number of anilines is 1. The van der Waals surface area contributed by atoms with Gasteiger partial charge in [0.1, 0.15) is 5.82 Å². The van der Waals surface area contributed by atoms with Crippen molar-refractivity contribution in [2.75, 3.05) is 5.32 Å². The SMILES string of the molecule is Cc1ccc(F)c(NC(=O)/C=C/c2cccc([N+](=O)[O-])c2)c1. The molecular formula is C16H13FN2O3. The lowest BCUT2D eigenvalue weighted by Gasteiger charge is -2.04. The number of hydrogen-bond donors (Lipinski definition) is 1. The van der Waals surface area contributed by atoms with E-state index in [0.29, 0.717) is 5.56 Å². The van der Waals surface area contributed by atoms with Gasteiger partial charge in [-0.15, -0.1) is 0 Å². The fourth-order valence-corrected chi connectivity index (χ4v) is 1.82. The fraction of sp³-hybridized carbons (Fsp3) is 0.0625. The minimum atomic E-state index is -0.525. The van der Waals surface area contributed by atoms with Crippen molar-refractivity contribution in [3.05, 3.63) is 75.6 Å². The van der Waals surface area contributed by atoms with Crippen LogP contribution in [-0.2, 0) is 4.79 Å². The number of non-ortho nitro benzene ring substituents is 1. The minimum Gasteiger partial charge on any atom is -0.320 e. The highest BCUT2D eigenvalue weighted by atomic mass is 19.1. The first kappa shape index (κ1) is 15.4. The van der Waals surface area contributed by atoms with Crippen molar-refractivity contribution >= 4 is 23.4 Å². The molecule has 0 aliphatic carbocycles. The number of amides is 1. The minimum absolute atomic E-state index is 0.0627. The molecule has 0 bridgehead atoms. The molecule has 0 aliphatic rings. The number of nitrogens with zero attached hydrogens (tertiary/aromatic N) is 1. The van der Waals surface area contributed by atoms with Gasteiger partial charge in [-0.3, -0.25) is 14.9 Å². The number of halogens is 1. The maximum absolute atomic E-state index is 13.5. The van der Waals surface area contributed by atoms with Crippen LogP contribution in [-0.4, -0.2) is 10.8 Å². The standard InChI is InChI=1S/C16H13FN2O3/c1-11-5-7-14(17)15(9-11)18-16(20)8-6-12-3-2-4-13(10-12)19(21)22/h2-10H,1H3,(H,18,20)/b8-6+. The van der Waals surface area contributed by atoms with Crippen molar-refractivity contribution in [1.29, 1.82) is 0 Å². The zero-order valence-corrected chi connectivity index (χ0v) is 11.7. The lowest BCUT2D eigenvalue weighted by Crippen LogP contribution is -2.09. The molecule has 2 rings (SSSR count). The molecule has 2 aromatic carbocycles. The Morgan fingerprint density at radius 3 is 2.77 bits per heavy atom. The van der Waals surface area contributed by atoms with Gasteiger partial charge in [0.25, 0.3) is 5.69 Å². The average molecular weight is 300 g/mol. The fourth-order valence-electron chi connectivity index (χ4n) is 1.82. The number of hydrogen-bond acceptors (Lipinski definition) is 3. The lowest BCUT2D eigenvalue weighted by atomic mass is 10.2. The van der Waals surface area contributed by atoms with Crippen LogP contribution in [0.2, 0.25) is 0 Å². The predicted molar refractivity (Wildman–Crippen MR) is 81.9 cm³/mol. The Hall–Kier alpha value is -3.02. The number of nitro benzene ring substituents is 1. The number of aryl methyl sites for hydroxylation is 1. The van der Waals surface area contributed by atoms with E-state index < -0.39 is 16.6 Å². The van der Waals surface area contributed by atoms with E-state index in [2.05, 4.69) is 5.32 Å². The molecule has 22 heavy (non-hydrogen) atoms. The summed E-state index contributed by atoms with van der Waals surface area (Å²) in [5, 5.41) is 13.1. The van der Waals surface area contributed by atoms with Gasteiger partial charge >= 0.3 is 0 Å². The predicted octanol–water partition coefficient (Wildman–Crippen LogP) is 3.69. The number of rotatable bonds is 4. The highest BCUT2D eigenvalue weighted by Crippen LogP contribution is 2.16. The topological polar surface area (TPSA) is 72.2 Å². The molecule has 0 heterocycles. The molecule has 0 spiro atoms. The van der Waals surface area contributed by atoms with Crippen molar-refractivity contribution in [1.82, 2.24) is 0 Å². The van der Waals surface area contributed by atoms with E-state index in [9.17, 15) is 19.3 Å². The molecule has 0 fully saturated rings. The van der Waals surface area contributed by atoms with Crippen molar-refractivity contribution in [2.24, 2.45) is 0 Å². The van der Waals surface area contributed by atoms with Crippen LogP contribution in [0.15, 0.2) is 48.5 Å². The Bertz CT molecular complexity index is 757. The Kier molecular flexibility index (Phi) is 4.63. The Labute approximate surface area is 126 Å².